The van der Waals surface area contributed by atoms with E-state index in [9.17, 15) is 14.0 Å². The monoisotopic (exact) mass is 291 g/mol. The average molecular weight is 291 g/mol. The van der Waals surface area contributed by atoms with Gasteiger partial charge in [-0.1, -0.05) is 6.07 Å². The molecule has 21 heavy (non-hydrogen) atoms. The molecule has 1 aromatic rings. The highest BCUT2D eigenvalue weighted by Crippen LogP contribution is 2.26. The van der Waals surface area contributed by atoms with Crippen molar-refractivity contribution < 1.29 is 14.0 Å². The van der Waals surface area contributed by atoms with Crippen molar-refractivity contribution >= 4 is 17.5 Å². The minimum absolute atomic E-state index is 0.180. The van der Waals surface area contributed by atoms with E-state index >= 15 is 0 Å². The van der Waals surface area contributed by atoms with Gasteiger partial charge >= 0.3 is 0 Å². The van der Waals surface area contributed by atoms with Crippen LogP contribution in [0.3, 0.4) is 0 Å². The Labute approximate surface area is 122 Å². The summed E-state index contributed by atoms with van der Waals surface area (Å²) in [4.78, 5) is 30.1. The molecule has 2 heterocycles. The van der Waals surface area contributed by atoms with Gasteiger partial charge in [-0.3, -0.25) is 14.5 Å². The Morgan fingerprint density at radius 3 is 2.52 bits per heavy atom. The molecule has 0 aliphatic carbocycles. The summed E-state index contributed by atoms with van der Waals surface area (Å²) < 4.78 is 13.3. The number of carbonyl (C=O) groups is 2. The standard InChI is InChI=1S/C15H18FN3O2/c1-17-5-7-18(8-6-17)13-10-14(20)19(15(13)21)12-4-2-3-11(16)9-12/h2-4,9,13H,5-8,10H2,1H3/t13-/m0/s1. The highest BCUT2D eigenvalue weighted by molar-refractivity contribution is 6.22. The number of imide groups is 1. The SMILES string of the molecule is CN1CCN([C@H]2CC(=O)N(c3cccc(F)c3)C2=O)CC1. The highest BCUT2D eigenvalue weighted by atomic mass is 19.1. The largest absolute Gasteiger partial charge is 0.304 e. The van der Waals surface area contributed by atoms with Crippen molar-refractivity contribution in [3.05, 3.63) is 30.1 Å². The fourth-order valence-corrected chi connectivity index (χ4v) is 2.92. The van der Waals surface area contributed by atoms with Crippen molar-refractivity contribution in [1.29, 1.82) is 0 Å². The van der Waals surface area contributed by atoms with Gasteiger partial charge in [0.2, 0.25) is 5.91 Å². The lowest BCUT2D eigenvalue weighted by molar-refractivity contribution is -0.123. The normalized spacial score (nSPS) is 24.9. The first-order valence-corrected chi connectivity index (χ1v) is 7.11. The molecule has 2 saturated heterocycles. The summed E-state index contributed by atoms with van der Waals surface area (Å²) in [7, 11) is 2.04. The molecular weight excluding hydrogens is 273 g/mol. The number of piperazine rings is 1. The number of carbonyl (C=O) groups excluding carboxylic acids is 2. The van der Waals surface area contributed by atoms with Gasteiger partial charge in [0.25, 0.3) is 5.91 Å². The van der Waals surface area contributed by atoms with E-state index in [0.717, 1.165) is 31.1 Å². The van der Waals surface area contributed by atoms with Gasteiger partial charge in [-0.2, -0.15) is 0 Å². The second-order valence-corrected chi connectivity index (χ2v) is 5.61. The van der Waals surface area contributed by atoms with Crippen LogP contribution in [-0.2, 0) is 9.59 Å². The van der Waals surface area contributed by atoms with E-state index in [1.807, 2.05) is 7.05 Å². The minimum atomic E-state index is -0.448. The molecule has 0 unspecified atom stereocenters. The third-order valence-electron chi connectivity index (χ3n) is 4.17. The lowest BCUT2D eigenvalue weighted by Gasteiger charge is -2.35. The Hall–Kier alpha value is -1.79. The third-order valence-corrected chi connectivity index (χ3v) is 4.17. The number of anilines is 1. The molecule has 112 valence electrons. The first-order chi connectivity index (χ1) is 10.1. The van der Waals surface area contributed by atoms with Crippen molar-refractivity contribution in [3.63, 3.8) is 0 Å². The zero-order chi connectivity index (χ0) is 15.0. The Balaban J connectivity index is 1.79. The van der Waals surface area contributed by atoms with Crippen LogP contribution in [0, 0.1) is 5.82 Å². The smallest absolute Gasteiger partial charge is 0.251 e. The molecule has 0 aromatic heterocycles. The maximum absolute atomic E-state index is 13.3. The van der Waals surface area contributed by atoms with Gasteiger partial charge in [-0.05, 0) is 25.2 Å². The fraction of sp³-hybridized carbons (Fsp3) is 0.467. The molecule has 0 bridgehead atoms. The summed E-state index contributed by atoms with van der Waals surface area (Å²) in [5.74, 6) is -0.944. The molecule has 0 spiro atoms. The van der Waals surface area contributed by atoms with Crippen molar-refractivity contribution in [1.82, 2.24) is 9.80 Å². The van der Waals surface area contributed by atoms with Crippen LogP contribution in [-0.4, -0.2) is 60.9 Å². The average Bonchev–Trinajstić information content (AvgIpc) is 2.75. The van der Waals surface area contributed by atoms with E-state index in [1.165, 1.54) is 18.2 Å². The highest BCUT2D eigenvalue weighted by Gasteiger charge is 2.43. The fourth-order valence-electron chi connectivity index (χ4n) is 2.92. The number of hydrogen-bond donors (Lipinski definition) is 0. The van der Waals surface area contributed by atoms with Crippen LogP contribution in [0.5, 0.6) is 0 Å². The van der Waals surface area contributed by atoms with Crippen LogP contribution >= 0.6 is 0 Å². The molecule has 1 atom stereocenters. The number of amides is 2. The van der Waals surface area contributed by atoms with E-state index in [1.54, 1.807) is 6.07 Å². The molecule has 6 heteroatoms. The van der Waals surface area contributed by atoms with Crippen molar-refractivity contribution in [2.45, 2.75) is 12.5 Å². The van der Waals surface area contributed by atoms with Gasteiger partial charge in [-0.25, -0.2) is 9.29 Å². The van der Waals surface area contributed by atoms with E-state index < -0.39 is 11.9 Å². The Morgan fingerprint density at radius 1 is 1.14 bits per heavy atom. The molecule has 2 fully saturated rings. The topological polar surface area (TPSA) is 43.9 Å². The second-order valence-electron chi connectivity index (χ2n) is 5.61. The Kier molecular flexibility index (Phi) is 3.73. The molecule has 5 nitrogen and oxygen atoms in total. The summed E-state index contributed by atoms with van der Waals surface area (Å²) in [5, 5.41) is 0. The van der Waals surface area contributed by atoms with E-state index in [0.29, 0.717) is 5.69 Å². The molecule has 0 radical (unpaired) electrons. The number of halogens is 1. The molecule has 0 N–H and O–H groups in total. The molecule has 2 aliphatic heterocycles. The minimum Gasteiger partial charge on any atom is -0.304 e. The van der Waals surface area contributed by atoms with Crippen LogP contribution in [0.2, 0.25) is 0 Å². The predicted molar refractivity (Wildman–Crippen MR) is 76.4 cm³/mol. The Morgan fingerprint density at radius 2 is 1.86 bits per heavy atom. The van der Waals surface area contributed by atoms with Crippen molar-refractivity contribution in [2.24, 2.45) is 0 Å². The molecule has 3 rings (SSSR count). The van der Waals surface area contributed by atoms with Crippen LogP contribution in [0.1, 0.15) is 6.42 Å². The lowest BCUT2D eigenvalue weighted by Crippen LogP contribution is -2.51. The zero-order valence-corrected chi connectivity index (χ0v) is 12.0. The van der Waals surface area contributed by atoms with Gasteiger partial charge in [-0.15, -0.1) is 0 Å². The summed E-state index contributed by atoms with van der Waals surface area (Å²) in [6, 6.07) is 5.21. The quantitative estimate of drug-likeness (QED) is 0.753. The third kappa shape index (κ3) is 2.69. The second kappa shape index (κ2) is 5.54. The van der Waals surface area contributed by atoms with Gasteiger partial charge in [0.15, 0.2) is 0 Å². The number of likely N-dealkylation sites (N-methyl/N-ethyl adjacent to an activating group) is 1. The predicted octanol–water partition coefficient (Wildman–Crippen LogP) is 0.705. The summed E-state index contributed by atoms with van der Waals surface area (Å²) in [6.07, 6.45) is 0.180. The number of rotatable bonds is 2. The molecular formula is C15H18FN3O2. The van der Waals surface area contributed by atoms with Crippen LogP contribution in [0.4, 0.5) is 10.1 Å². The van der Waals surface area contributed by atoms with E-state index in [2.05, 4.69) is 9.80 Å². The van der Waals surface area contributed by atoms with Gasteiger partial charge in [0.1, 0.15) is 5.82 Å². The lowest BCUT2D eigenvalue weighted by atomic mass is 10.2. The molecule has 2 aliphatic rings. The Bertz CT molecular complexity index is 570. The van der Waals surface area contributed by atoms with Crippen LogP contribution in [0.15, 0.2) is 24.3 Å². The van der Waals surface area contributed by atoms with Gasteiger partial charge < -0.3 is 4.90 Å². The molecule has 2 amide bonds. The maximum Gasteiger partial charge on any atom is 0.251 e. The molecule has 0 saturated carbocycles. The first kappa shape index (κ1) is 14.2. The van der Waals surface area contributed by atoms with E-state index in [4.69, 9.17) is 0 Å². The van der Waals surface area contributed by atoms with Crippen LogP contribution < -0.4 is 4.90 Å². The summed E-state index contributed by atoms with van der Waals surface area (Å²) in [6.45, 7) is 3.32. The number of hydrogen-bond acceptors (Lipinski definition) is 4. The van der Waals surface area contributed by atoms with Gasteiger partial charge in [0.05, 0.1) is 18.2 Å². The van der Waals surface area contributed by atoms with Crippen molar-refractivity contribution in [3.8, 4) is 0 Å². The van der Waals surface area contributed by atoms with E-state index in [-0.39, 0.29) is 18.2 Å². The summed E-state index contributed by atoms with van der Waals surface area (Å²) in [5.41, 5.74) is 0.321. The van der Waals surface area contributed by atoms with Crippen LogP contribution in [0.25, 0.3) is 0 Å². The number of nitrogens with zero attached hydrogens (tertiary/aromatic N) is 3. The molecule has 1 aromatic carbocycles. The zero-order valence-electron chi connectivity index (χ0n) is 12.0. The number of benzene rings is 1. The maximum atomic E-state index is 13.3. The van der Waals surface area contributed by atoms with Crippen molar-refractivity contribution in [2.75, 3.05) is 38.1 Å². The summed E-state index contributed by atoms with van der Waals surface area (Å²) >= 11 is 0. The van der Waals surface area contributed by atoms with Gasteiger partial charge in [0, 0.05) is 26.2 Å². The first-order valence-electron chi connectivity index (χ1n) is 7.11.